The fourth-order valence-corrected chi connectivity index (χ4v) is 3.38. The van der Waals surface area contributed by atoms with Crippen molar-refractivity contribution in [2.45, 2.75) is 13.5 Å². The molecule has 0 amide bonds. The Labute approximate surface area is 193 Å². The summed E-state index contributed by atoms with van der Waals surface area (Å²) in [5.74, 6) is -0.494. The topological polar surface area (TPSA) is 79.5 Å². The summed E-state index contributed by atoms with van der Waals surface area (Å²) in [6.07, 6.45) is 1.67. The highest BCUT2D eigenvalue weighted by atomic mass is 79.9. The van der Waals surface area contributed by atoms with Gasteiger partial charge in [-0.1, -0.05) is 46.3 Å². The van der Waals surface area contributed by atoms with E-state index in [2.05, 4.69) is 22.0 Å². The van der Waals surface area contributed by atoms with Gasteiger partial charge in [0, 0.05) is 10.0 Å². The maximum absolute atomic E-state index is 13.9. The van der Waals surface area contributed by atoms with Crippen LogP contribution in [0.4, 0.5) is 4.39 Å². The summed E-state index contributed by atoms with van der Waals surface area (Å²) in [6.45, 7) is 2.26. The smallest absolute Gasteiger partial charge is 0.335 e. The van der Waals surface area contributed by atoms with E-state index in [0.29, 0.717) is 44.8 Å². The van der Waals surface area contributed by atoms with Gasteiger partial charge in [0.2, 0.25) is 0 Å². The van der Waals surface area contributed by atoms with Crippen molar-refractivity contribution in [3.05, 3.63) is 93.2 Å². The van der Waals surface area contributed by atoms with Crippen LogP contribution in [-0.2, 0) is 6.61 Å². The van der Waals surface area contributed by atoms with Crippen molar-refractivity contribution in [2.24, 2.45) is 0 Å². The number of allylic oxidation sites excluding steroid dienone is 1. The van der Waals surface area contributed by atoms with E-state index in [9.17, 15) is 14.4 Å². The standard InChI is InChI=1S/C25H19BrFNO4/c1-2-31-23-12-19(11-20(14-28)16-7-9-17(10-8-16)25(29)30)21(26)13-24(23)32-15-18-5-3-4-6-22(18)27/h3-13H,2,15H2,1H3,(H,29,30)/b20-11-. The van der Waals surface area contributed by atoms with Crippen LogP contribution in [0.15, 0.2) is 65.1 Å². The second kappa shape index (κ2) is 10.6. The molecule has 0 fully saturated rings. The van der Waals surface area contributed by atoms with Gasteiger partial charge in [-0.25, -0.2) is 9.18 Å². The SMILES string of the molecule is CCOc1cc(/C=C(/C#N)c2ccc(C(=O)O)cc2)c(Br)cc1OCc1ccccc1F. The first kappa shape index (κ1) is 23.0. The van der Waals surface area contributed by atoms with Gasteiger partial charge in [-0.2, -0.15) is 5.26 Å². The molecule has 0 bridgehead atoms. The molecule has 1 N–H and O–H groups in total. The first-order chi connectivity index (χ1) is 15.4. The molecule has 0 unspecified atom stereocenters. The number of nitrogens with zero attached hydrogens (tertiary/aromatic N) is 1. The van der Waals surface area contributed by atoms with E-state index in [1.807, 2.05) is 6.92 Å². The maximum Gasteiger partial charge on any atom is 0.335 e. The Morgan fingerprint density at radius 3 is 2.38 bits per heavy atom. The average molecular weight is 496 g/mol. The minimum atomic E-state index is -1.03. The number of benzene rings is 3. The van der Waals surface area contributed by atoms with Crippen molar-refractivity contribution >= 4 is 33.5 Å². The van der Waals surface area contributed by atoms with E-state index in [1.54, 1.807) is 48.5 Å². The molecule has 5 nitrogen and oxygen atoms in total. The molecule has 0 aliphatic rings. The summed E-state index contributed by atoms with van der Waals surface area (Å²) in [7, 11) is 0. The van der Waals surface area contributed by atoms with Gasteiger partial charge in [0.1, 0.15) is 12.4 Å². The highest BCUT2D eigenvalue weighted by Gasteiger charge is 2.13. The molecule has 0 aromatic heterocycles. The quantitative estimate of drug-likeness (QED) is 0.291. The summed E-state index contributed by atoms with van der Waals surface area (Å²) in [5.41, 5.74) is 2.17. The Kier molecular flexibility index (Phi) is 7.63. The highest BCUT2D eigenvalue weighted by Crippen LogP contribution is 2.36. The van der Waals surface area contributed by atoms with Crippen LogP contribution in [0.2, 0.25) is 0 Å². The Hall–Kier alpha value is -3.63. The van der Waals surface area contributed by atoms with Crippen LogP contribution >= 0.6 is 15.9 Å². The largest absolute Gasteiger partial charge is 0.490 e. The van der Waals surface area contributed by atoms with Crippen LogP contribution in [0.1, 0.15) is 34.0 Å². The molecule has 0 atom stereocenters. The average Bonchev–Trinajstić information content (AvgIpc) is 2.79. The van der Waals surface area contributed by atoms with Gasteiger partial charge >= 0.3 is 5.97 Å². The van der Waals surface area contributed by atoms with E-state index < -0.39 is 5.97 Å². The monoisotopic (exact) mass is 495 g/mol. The zero-order chi connectivity index (χ0) is 23.1. The van der Waals surface area contributed by atoms with E-state index in [4.69, 9.17) is 14.6 Å². The van der Waals surface area contributed by atoms with Gasteiger partial charge < -0.3 is 14.6 Å². The minimum absolute atomic E-state index is 0.0355. The number of ether oxygens (including phenoxy) is 2. The number of rotatable bonds is 8. The molecule has 3 rings (SSSR count). The predicted molar refractivity (Wildman–Crippen MR) is 123 cm³/mol. The van der Waals surface area contributed by atoms with Gasteiger partial charge in [0.15, 0.2) is 11.5 Å². The molecule has 162 valence electrons. The molecular weight excluding hydrogens is 477 g/mol. The number of carboxylic acid groups (broad SMARTS) is 1. The normalized spacial score (nSPS) is 11.0. The van der Waals surface area contributed by atoms with Crippen molar-refractivity contribution in [2.75, 3.05) is 6.61 Å². The third kappa shape index (κ3) is 5.54. The number of nitriles is 1. The Morgan fingerprint density at radius 1 is 1.09 bits per heavy atom. The van der Waals surface area contributed by atoms with Gasteiger partial charge in [-0.15, -0.1) is 0 Å². The minimum Gasteiger partial charge on any atom is -0.490 e. The van der Waals surface area contributed by atoms with Gasteiger partial charge in [0.05, 0.1) is 23.8 Å². The number of carbonyl (C=O) groups is 1. The van der Waals surface area contributed by atoms with Crippen LogP contribution in [0, 0.1) is 17.1 Å². The van der Waals surface area contributed by atoms with Crippen LogP contribution in [0.3, 0.4) is 0 Å². The van der Waals surface area contributed by atoms with Crippen LogP contribution < -0.4 is 9.47 Å². The zero-order valence-electron chi connectivity index (χ0n) is 17.1. The van der Waals surface area contributed by atoms with Crippen molar-refractivity contribution in [1.82, 2.24) is 0 Å². The number of carboxylic acids is 1. The third-order valence-corrected chi connectivity index (χ3v) is 5.25. The van der Waals surface area contributed by atoms with E-state index in [0.717, 1.165) is 0 Å². The molecule has 0 aliphatic heterocycles. The maximum atomic E-state index is 13.9. The Bertz CT molecular complexity index is 1200. The molecule has 3 aromatic carbocycles. The molecule has 7 heteroatoms. The Morgan fingerprint density at radius 2 is 1.75 bits per heavy atom. The fraction of sp³-hybridized carbons (Fsp3) is 0.120. The third-order valence-electron chi connectivity index (χ3n) is 4.57. The van der Waals surface area contributed by atoms with Crippen molar-refractivity contribution in [1.29, 1.82) is 5.26 Å². The van der Waals surface area contributed by atoms with Gasteiger partial charge in [0.25, 0.3) is 0 Å². The summed E-state index contributed by atoms with van der Waals surface area (Å²) in [5, 5.41) is 18.7. The van der Waals surface area contributed by atoms with Crippen LogP contribution in [0.5, 0.6) is 11.5 Å². The predicted octanol–water partition coefficient (Wildman–Crippen LogP) is 6.33. The van der Waals surface area contributed by atoms with Crippen molar-refractivity contribution in [3.8, 4) is 17.6 Å². The fourth-order valence-electron chi connectivity index (χ4n) is 2.94. The lowest BCUT2D eigenvalue weighted by atomic mass is 10.0. The molecule has 0 radical (unpaired) electrons. The van der Waals surface area contributed by atoms with E-state index in [-0.39, 0.29) is 18.0 Å². The highest BCUT2D eigenvalue weighted by molar-refractivity contribution is 9.10. The lowest BCUT2D eigenvalue weighted by molar-refractivity contribution is 0.0697. The molecule has 32 heavy (non-hydrogen) atoms. The Balaban J connectivity index is 1.92. The second-order valence-corrected chi connectivity index (χ2v) is 7.54. The van der Waals surface area contributed by atoms with Crippen LogP contribution in [-0.4, -0.2) is 17.7 Å². The van der Waals surface area contributed by atoms with E-state index >= 15 is 0 Å². The second-order valence-electron chi connectivity index (χ2n) is 6.69. The molecular formula is C25H19BrFNO4. The summed E-state index contributed by atoms with van der Waals surface area (Å²) >= 11 is 3.49. The number of halogens is 2. The molecule has 0 saturated heterocycles. The van der Waals surface area contributed by atoms with E-state index in [1.165, 1.54) is 18.2 Å². The van der Waals surface area contributed by atoms with Gasteiger partial charge in [-0.05, 0) is 54.5 Å². The first-order valence-corrected chi connectivity index (χ1v) is 10.5. The molecule has 3 aromatic rings. The molecule has 0 heterocycles. The van der Waals surface area contributed by atoms with Gasteiger partial charge in [-0.3, -0.25) is 0 Å². The molecule has 0 aliphatic carbocycles. The molecule has 0 spiro atoms. The molecule has 0 saturated carbocycles. The summed E-state index contributed by atoms with van der Waals surface area (Å²) in [4.78, 5) is 11.0. The zero-order valence-corrected chi connectivity index (χ0v) is 18.7. The summed E-state index contributed by atoms with van der Waals surface area (Å²) in [6, 6.07) is 18.0. The number of aromatic carboxylic acids is 1. The number of hydrogen-bond acceptors (Lipinski definition) is 4. The first-order valence-electron chi connectivity index (χ1n) is 9.71. The van der Waals surface area contributed by atoms with Crippen molar-refractivity contribution < 1.29 is 23.8 Å². The lowest BCUT2D eigenvalue weighted by Gasteiger charge is -2.14. The number of hydrogen-bond donors (Lipinski definition) is 1. The van der Waals surface area contributed by atoms with Crippen LogP contribution in [0.25, 0.3) is 11.6 Å². The summed E-state index contributed by atoms with van der Waals surface area (Å²) < 4.78 is 26.1. The lowest BCUT2D eigenvalue weighted by Crippen LogP contribution is -2.02. The van der Waals surface area contributed by atoms with Crippen molar-refractivity contribution in [3.63, 3.8) is 0 Å².